The zero-order chi connectivity index (χ0) is 22.9. The third-order valence-corrected chi connectivity index (χ3v) is 7.77. The topological polar surface area (TPSA) is 95.1 Å². The van der Waals surface area contributed by atoms with Crippen molar-refractivity contribution in [2.45, 2.75) is 24.7 Å². The Morgan fingerprint density at radius 2 is 1.56 bits per heavy atom. The van der Waals surface area contributed by atoms with Crippen molar-refractivity contribution in [2.24, 2.45) is 0 Å². The maximum atomic E-state index is 13.0. The quantitative estimate of drug-likeness (QED) is 0.623. The number of amides is 3. The second-order valence-corrected chi connectivity index (χ2v) is 9.82. The van der Waals surface area contributed by atoms with E-state index in [1.165, 1.54) is 21.3 Å². The smallest absolute Gasteiger partial charge is 0.261 e. The standard InChI is InChI=1S/C23H25N3O5S/c1-2-3-11-26-22(28)19-10-9-17(16-20(19)23(26)29)21(27)24-12-14-25(15-13-24)32(30,31)18-7-5-4-6-8-18/h4-10,16H,2-3,11-15H2,1H3. The minimum Gasteiger partial charge on any atom is -0.336 e. The molecule has 0 spiro atoms. The summed E-state index contributed by atoms with van der Waals surface area (Å²) in [7, 11) is -3.60. The Kier molecular flexibility index (Phi) is 6.12. The molecular weight excluding hydrogens is 430 g/mol. The Morgan fingerprint density at radius 1 is 0.906 bits per heavy atom. The molecule has 0 aromatic heterocycles. The van der Waals surface area contributed by atoms with Crippen molar-refractivity contribution in [3.63, 3.8) is 0 Å². The van der Waals surface area contributed by atoms with E-state index in [1.807, 2.05) is 6.92 Å². The number of carbonyl (C=O) groups excluding carboxylic acids is 3. The number of sulfonamides is 1. The first-order valence-electron chi connectivity index (χ1n) is 10.7. The molecule has 2 aliphatic heterocycles. The van der Waals surface area contributed by atoms with Gasteiger partial charge in [0.05, 0.1) is 16.0 Å². The average Bonchev–Trinajstić information content (AvgIpc) is 3.06. The summed E-state index contributed by atoms with van der Waals surface area (Å²) in [4.78, 5) is 41.2. The number of nitrogens with zero attached hydrogens (tertiary/aromatic N) is 3. The van der Waals surface area contributed by atoms with Gasteiger partial charge in [-0.2, -0.15) is 4.31 Å². The second kappa shape index (κ2) is 8.84. The molecule has 8 nitrogen and oxygen atoms in total. The molecule has 4 rings (SSSR count). The van der Waals surface area contributed by atoms with E-state index in [-0.39, 0.29) is 54.4 Å². The lowest BCUT2D eigenvalue weighted by Crippen LogP contribution is -2.50. The van der Waals surface area contributed by atoms with Crippen molar-refractivity contribution in [1.82, 2.24) is 14.1 Å². The van der Waals surface area contributed by atoms with Gasteiger partial charge in [-0.3, -0.25) is 19.3 Å². The van der Waals surface area contributed by atoms with Crippen LogP contribution in [0.3, 0.4) is 0 Å². The summed E-state index contributed by atoms with van der Waals surface area (Å²) in [5.41, 5.74) is 0.894. The molecule has 0 N–H and O–H groups in total. The van der Waals surface area contributed by atoms with Crippen LogP contribution in [0.15, 0.2) is 53.4 Å². The van der Waals surface area contributed by atoms with Gasteiger partial charge in [-0.05, 0) is 36.8 Å². The molecule has 2 heterocycles. The number of hydrogen-bond acceptors (Lipinski definition) is 5. The number of hydrogen-bond donors (Lipinski definition) is 0. The molecule has 0 unspecified atom stereocenters. The number of imide groups is 1. The van der Waals surface area contributed by atoms with E-state index in [1.54, 1.807) is 41.3 Å². The number of carbonyl (C=O) groups is 3. The van der Waals surface area contributed by atoms with Crippen LogP contribution in [0.1, 0.15) is 50.8 Å². The molecule has 32 heavy (non-hydrogen) atoms. The predicted molar refractivity (Wildman–Crippen MR) is 118 cm³/mol. The summed E-state index contributed by atoms with van der Waals surface area (Å²) in [6, 6.07) is 12.8. The minimum atomic E-state index is -3.60. The molecule has 0 radical (unpaired) electrons. The third kappa shape index (κ3) is 3.93. The first-order valence-corrected chi connectivity index (χ1v) is 12.1. The molecule has 0 atom stereocenters. The van der Waals surface area contributed by atoms with Gasteiger partial charge in [-0.1, -0.05) is 31.5 Å². The van der Waals surface area contributed by atoms with Crippen LogP contribution in [-0.4, -0.2) is 73.0 Å². The second-order valence-electron chi connectivity index (χ2n) is 7.89. The SMILES string of the molecule is CCCCN1C(=O)c2ccc(C(=O)N3CCN(S(=O)(=O)c4ccccc4)CC3)cc2C1=O. The zero-order valence-electron chi connectivity index (χ0n) is 17.9. The molecule has 0 saturated carbocycles. The molecule has 0 aliphatic carbocycles. The summed E-state index contributed by atoms with van der Waals surface area (Å²) >= 11 is 0. The summed E-state index contributed by atoms with van der Waals surface area (Å²) in [5.74, 6) is -0.971. The van der Waals surface area contributed by atoms with Crippen molar-refractivity contribution in [2.75, 3.05) is 32.7 Å². The normalized spacial score (nSPS) is 17.0. The molecule has 3 amide bonds. The van der Waals surface area contributed by atoms with Crippen molar-refractivity contribution in [1.29, 1.82) is 0 Å². The van der Waals surface area contributed by atoms with Crippen LogP contribution < -0.4 is 0 Å². The van der Waals surface area contributed by atoms with Crippen LogP contribution in [0.5, 0.6) is 0 Å². The number of benzene rings is 2. The summed E-state index contributed by atoms with van der Waals surface area (Å²) in [6.45, 7) is 3.23. The van der Waals surface area contributed by atoms with Crippen LogP contribution >= 0.6 is 0 Å². The molecule has 168 valence electrons. The number of unbranched alkanes of at least 4 members (excludes halogenated alkanes) is 1. The van der Waals surface area contributed by atoms with Crippen LogP contribution in [0.2, 0.25) is 0 Å². The Hall–Kier alpha value is -3.04. The van der Waals surface area contributed by atoms with E-state index >= 15 is 0 Å². The minimum absolute atomic E-state index is 0.191. The molecule has 1 fully saturated rings. The number of piperazine rings is 1. The average molecular weight is 456 g/mol. The van der Waals surface area contributed by atoms with Crippen LogP contribution in [0, 0.1) is 0 Å². The molecule has 9 heteroatoms. The van der Waals surface area contributed by atoms with Gasteiger partial charge < -0.3 is 4.90 Å². The lowest BCUT2D eigenvalue weighted by molar-refractivity contribution is 0.0651. The van der Waals surface area contributed by atoms with Crippen molar-refractivity contribution in [3.05, 3.63) is 65.2 Å². The largest absolute Gasteiger partial charge is 0.336 e. The Bertz CT molecular complexity index is 1160. The van der Waals surface area contributed by atoms with E-state index in [9.17, 15) is 22.8 Å². The van der Waals surface area contributed by atoms with Gasteiger partial charge in [0.25, 0.3) is 17.7 Å². The lowest BCUT2D eigenvalue weighted by Gasteiger charge is -2.34. The molecule has 0 bridgehead atoms. The van der Waals surface area contributed by atoms with Crippen molar-refractivity contribution in [3.8, 4) is 0 Å². The summed E-state index contributed by atoms with van der Waals surface area (Å²) in [6.07, 6.45) is 1.59. The van der Waals surface area contributed by atoms with Gasteiger partial charge in [0, 0.05) is 38.3 Å². The highest BCUT2D eigenvalue weighted by atomic mass is 32.2. The maximum absolute atomic E-state index is 13.0. The molecule has 1 saturated heterocycles. The Balaban J connectivity index is 1.45. The van der Waals surface area contributed by atoms with E-state index in [0.717, 1.165) is 12.8 Å². The highest BCUT2D eigenvalue weighted by Gasteiger charge is 2.36. The Labute approximate surface area is 187 Å². The summed E-state index contributed by atoms with van der Waals surface area (Å²) in [5, 5.41) is 0. The van der Waals surface area contributed by atoms with Gasteiger partial charge in [0.1, 0.15) is 0 Å². The number of fused-ring (bicyclic) bond motifs is 1. The van der Waals surface area contributed by atoms with E-state index in [2.05, 4.69) is 0 Å². The van der Waals surface area contributed by atoms with E-state index in [4.69, 9.17) is 0 Å². The Morgan fingerprint density at radius 3 is 2.22 bits per heavy atom. The van der Waals surface area contributed by atoms with Gasteiger partial charge in [0.2, 0.25) is 10.0 Å². The fraction of sp³-hybridized carbons (Fsp3) is 0.348. The van der Waals surface area contributed by atoms with Crippen LogP contribution in [0.4, 0.5) is 0 Å². The third-order valence-electron chi connectivity index (χ3n) is 5.86. The first kappa shape index (κ1) is 22.2. The fourth-order valence-electron chi connectivity index (χ4n) is 4.00. The first-order chi connectivity index (χ1) is 15.3. The van der Waals surface area contributed by atoms with Crippen LogP contribution in [0.25, 0.3) is 0 Å². The molecular formula is C23H25N3O5S. The van der Waals surface area contributed by atoms with Gasteiger partial charge in [-0.25, -0.2) is 8.42 Å². The van der Waals surface area contributed by atoms with E-state index < -0.39 is 10.0 Å². The van der Waals surface area contributed by atoms with Gasteiger partial charge in [0.15, 0.2) is 0 Å². The summed E-state index contributed by atoms with van der Waals surface area (Å²) < 4.78 is 26.9. The zero-order valence-corrected chi connectivity index (χ0v) is 18.7. The number of rotatable bonds is 6. The monoisotopic (exact) mass is 455 g/mol. The van der Waals surface area contributed by atoms with Crippen LogP contribution in [-0.2, 0) is 10.0 Å². The predicted octanol–water partition coefficient (Wildman–Crippen LogP) is 2.23. The molecule has 2 aromatic rings. The fourth-order valence-corrected chi connectivity index (χ4v) is 5.44. The molecule has 2 aliphatic rings. The highest BCUT2D eigenvalue weighted by Crippen LogP contribution is 2.25. The van der Waals surface area contributed by atoms with Gasteiger partial charge in [-0.15, -0.1) is 0 Å². The van der Waals surface area contributed by atoms with Crippen molar-refractivity contribution >= 4 is 27.7 Å². The van der Waals surface area contributed by atoms with Crippen molar-refractivity contribution < 1.29 is 22.8 Å². The van der Waals surface area contributed by atoms with E-state index in [0.29, 0.717) is 17.7 Å². The lowest BCUT2D eigenvalue weighted by atomic mass is 10.0. The maximum Gasteiger partial charge on any atom is 0.261 e. The van der Waals surface area contributed by atoms with Gasteiger partial charge >= 0.3 is 0 Å². The molecule has 2 aromatic carbocycles. The highest BCUT2D eigenvalue weighted by molar-refractivity contribution is 7.89.